The van der Waals surface area contributed by atoms with Crippen molar-refractivity contribution in [1.82, 2.24) is 20.2 Å². The zero-order valence-electron chi connectivity index (χ0n) is 12.6. The number of nitrogens with one attached hydrogen (secondary N) is 1. The lowest BCUT2D eigenvalue weighted by atomic mass is 10.1. The Bertz CT molecular complexity index is 660. The van der Waals surface area contributed by atoms with Crippen molar-refractivity contribution in [3.05, 3.63) is 46.7 Å². The summed E-state index contributed by atoms with van der Waals surface area (Å²) < 4.78 is 0. The highest BCUT2D eigenvalue weighted by Gasteiger charge is 2.34. The molecular formula is C16H18N4O2S. The van der Waals surface area contributed by atoms with Gasteiger partial charge in [0.15, 0.2) is 0 Å². The highest BCUT2D eigenvalue weighted by molar-refractivity contribution is 7.09. The lowest BCUT2D eigenvalue weighted by molar-refractivity contribution is -0.129. The van der Waals surface area contributed by atoms with Gasteiger partial charge in [-0.05, 0) is 11.6 Å². The third kappa shape index (κ3) is 4.13. The van der Waals surface area contributed by atoms with Gasteiger partial charge < -0.3 is 10.2 Å². The number of hydrogen-bond donors (Lipinski definition) is 1. The summed E-state index contributed by atoms with van der Waals surface area (Å²) in [4.78, 5) is 34.2. The van der Waals surface area contributed by atoms with Gasteiger partial charge in [0, 0.05) is 56.4 Å². The smallest absolute Gasteiger partial charge is 0.225 e. The van der Waals surface area contributed by atoms with E-state index in [-0.39, 0.29) is 24.2 Å². The molecule has 1 aliphatic heterocycles. The highest BCUT2D eigenvalue weighted by atomic mass is 32.1. The first-order chi connectivity index (χ1) is 11.2. The van der Waals surface area contributed by atoms with E-state index < -0.39 is 0 Å². The van der Waals surface area contributed by atoms with Crippen LogP contribution in [0.15, 0.2) is 36.1 Å². The maximum atomic E-state index is 12.2. The van der Waals surface area contributed by atoms with E-state index in [0.717, 1.165) is 17.0 Å². The van der Waals surface area contributed by atoms with Crippen LogP contribution in [0.1, 0.15) is 17.0 Å². The van der Waals surface area contributed by atoms with Crippen LogP contribution in [0.2, 0.25) is 0 Å². The largest absolute Gasteiger partial charge is 0.355 e. The molecule has 6 nitrogen and oxygen atoms in total. The Morgan fingerprint density at radius 2 is 2.35 bits per heavy atom. The second kappa shape index (κ2) is 7.32. The summed E-state index contributed by atoms with van der Waals surface area (Å²) in [6.45, 7) is 1.53. The second-order valence-corrected chi connectivity index (χ2v) is 6.48. The molecule has 1 aliphatic rings. The van der Waals surface area contributed by atoms with E-state index >= 15 is 0 Å². The number of amides is 2. The average molecular weight is 330 g/mol. The standard InChI is InChI=1S/C16H18N4O2S/c21-15-8-13(11-20(15)10-12-2-1-4-17-9-12)16(22)19-5-3-14-18-6-7-23-14/h1-2,4,6-7,9,13H,3,5,8,10-11H2,(H,19,22). The van der Waals surface area contributed by atoms with Gasteiger partial charge in [-0.1, -0.05) is 6.07 Å². The van der Waals surface area contributed by atoms with Crippen LogP contribution in [-0.4, -0.2) is 39.8 Å². The molecule has 1 unspecified atom stereocenters. The van der Waals surface area contributed by atoms with E-state index in [9.17, 15) is 9.59 Å². The molecule has 2 aromatic rings. The molecule has 1 atom stereocenters. The Kier molecular flexibility index (Phi) is 4.97. The SMILES string of the molecule is O=C(NCCc1nccs1)C1CC(=O)N(Cc2cccnc2)C1. The fourth-order valence-electron chi connectivity index (χ4n) is 2.63. The molecule has 0 saturated carbocycles. The number of rotatable bonds is 6. The Hall–Kier alpha value is -2.28. The molecule has 23 heavy (non-hydrogen) atoms. The van der Waals surface area contributed by atoms with Crippen LogP contribution in [0.5, 0.6) is 0 Å². The first kappa shape index (κ1) is 15.6. The Morgan fingerprint density at radius 3 is 3.09 bits per heavy atom. The summed E-state index contributed by atoms with van der Waals surface area (Å²) >= 11 is 1.58. The fraction of sp³-hybridized carbons (Fsp3) is 0.375. The van der Waals surface area contributed by atoms with Crippen LogP contribution >= 0.6 is 11.3 Å². The van der Waals surface area contributed by atoms with Gasteiger partial charge in [0.2, 0.25) is 11.8 Å². The highest BCUT2D eigenvalue weighted by Crippen LogP contribution is 2.20. The summed E-state index contributed by atoms with van der Waals surface area (Å²) in [5.74, 6) is -0.298. The van der Waals surface area contributed by atoms with Crippen molar-refractivity contribution in [3.63, 3.8) is 0 Å². The lowest BCUT2D eigenvalue weighted by Crippen LogP contribution is -2.34. The molecule has 2 aromatic heterocycles. The predicted octanol–water partition coefficient (Wildman–Crippen LogP) is 1.25. The van der Waals surface area contributed by atoms with Gasteiger partial charge in [-0.2, -0.15) is 0 Å². The van der Waals surface area contributed by atoms with Crippen LogP contribution in [0.4, 0.5) is 0 Å². The Labute approximate surface area is 138 Å². The number of likely N-dealkylation sites (tertiary alicyclic amines) is 1. The van der Waals surface area contributed by atoms with Crippen molar-refractivity contribution in [1.29, 1.82) is 0 Å². The van der Waals surface area contributed by atoms with Crippen LogP contribution < -0.4 is 5.32 Å². The van der Waals surface area contributed by atoms with Gasteiger partial charge in [0.05, 0.1) is 10.9 Å². The molecule has 3 rings (SSSR count). The summed E-state index contributed by atoms with van der Waals surface area (Å²) in [5.41, 5.74) is 0.977. The van der Waals surface area contributed by atoms with Gasteiger partial charge in [0.1, 0.15) is 0 Å². The minimum Gasteiger partial charge on any atom is -0.355 e. The second-order valence-electron chi connectivity index (χ2n) is 5.50. The number of thiazole rings is 1. The minimum atomic E-state index is -0.268. The van der Waals surface area contributed by atoms with Crippen molar-refractivity contribution in [2.75, 3.05) is 13.1 Å². The Morgan fingerprint density at radius 1 is 1.43 bits per heavy atom. The third-order valence-corrected chi connectivity index (χ3v) is 4.64. The molecular weight excluding hydrogens is 312 g/mol. The van der Waals surface area contributed by atoms with E-state index in [4.69, 9.17) is 0 Å². The molecule has 0 bridgehead atoms. The molecule has 1 fully saturated rings. The first-order valence-corrected chi connectivity index (χ1v) is 8.43. The number of pyridine rings is 1. The quantitative estimate of drug-likeness (QED) is 0.865. The zero-order valence-corrected chi connectivity index (χ0v) is 13.5. The predicted molar refractivity (Wildman–Crippen MR) is 86.6 cm³/mol. The molecule has 0 aromatic carbocycles. The molecule has 3 heterocycles. The summed E-state index contributed by atoms with van der Waals surface area (Å²) in [6, 6.07) is 3.78. The van der Waals surface area contributed by atoms with Gasteiger partial charge in [-0.15, -0.1) is 11.3 Å². The summed E-state index contributed by atoms with van der Waals surface area (Å²) in [6.07, 6.45) is 6.21. The Balaban J connectivity index is 1.47. The van der Waals surface area contributed by atoms with Gasteiger partial charge >= 0.3 is 0 Å². The number of carbonyl (C=O) groups is 2. The van der Waals surface area contributed by atoms with Gasteiger partial charge in [-0.3, -0.25) is 14.6 Å². The van der Waals surface area contributed by atoms with Crippen molar-refractivity contribution in [3.8, 4) is 0 Å². The van der Waals surface area contributed by atoms with Crippen molar-refractivity contribution < 1.29 is 9.59 Å². The van der Waals surface area contributed by atoms with Crippen LogP contribution in [0.3, 0.4) is 0 Å². The molecule has 2 amide bonds. The zero-order chi connectivity index (χ0) is 16.1. The van der Waals surface area contributed by atoms with Crippen LogP contribution in [-0.2, 0) is 22.6 Å². The molecule has 0 radical (unpaired) electrons. The average Bonchev–Trinajstić information content (AvgIpc) is 3.19. The number of carbonyl (C=O) groups excluding carboxylic acids is 2. The maximum absolute atomic E-state index is 12.2. The molecule has 0 aliphatic carbocycles. The van der Waals surface area contributed by atoms with E-state index in [1.54, 1.807) is 34.8 Å². The molecule has 7 heteroatoms. The van der Waals surface area contributed by atoms with E-state index in [2.05, 4.69) is 15.3 Å². The molecule has 0 spiro atoms. The van der Waals surface area contributed by atoms with E-state index in [1.807, 2.05) is 17.5 Å². The maximum Gasteiger partial charge on any atom is 0.225 e. The number of hydrogen-bond acceptors (Lipinski definition) is 5. The molecule has 1 saturated heterocycles. The van der Waals surface area contributed by atoms with Crippen molar-refractivity contribution >= 4 is 23.2 Å². The molecule has 120 valence electrons. The number of aromatic nitrogens is 2. The first-order valence-electron chi connectivity index (χ1n) is 7.55. The van der Waals surface area contributed by atoms with E-state index in [1.165, 1.54) is 0 Å². The fourth-order valence-corrected chi connectivity index (χ4v) is 3.25. The normalized spacial score (nSPS) is 17.5. The van der Waals surface area contributed by atoms with Crippen LogP contribution in [0, 0.1) is 5.92 Å². The lowest BCUT2D eigenvalue weighted by Gasteiger charge is -2.16. The van der Waals surface area contributed by atoms with Crippen LogP contribution in [0.25, 0.3) is 0 Å². The monoisotopic (exact) mass is 330 g/mol. The van der Waals surface area contributed by atoms with Crippen molar-refractivity contribution in [2.24, 2.45) is 5.92 Å². The van der Waals surface area contributed by atoms with E-state index in [0.29, 0.717) is 19.6 Å². The molecule has 1 N–H and O–H groups in total. The minimum absolute atomic E-state index is 0.0222. The summed E-state index contributed by atoms with van der Waals surface area (Å²) in [5, 5.41) is 5.83. The van der Waals surface area contributed by atoms with Crippen molar-refractivity contribution in [2.45, 2.75) is 19.4 Å². The number of nitrogens with zero attached hydrogens (tertiary/aromatic N) is 3. The third-order valence-electron chi connectivity index (χ3n) is 3.80. The van der Waals surface area contributed by atoms with Gasteiger partial charge in [-0.25, -0.2) is 4.98 Å². The topological polar surface area (TPSA) is 75.2 Å². The summed E-state index contributed by atoms with van der Waals surface area (Å²) in [7, 11) is 0. The van der Waals surface area contributed by atoms with Gasteiger partial charge in [0.25, 0.3) is 0 Å².